The van der Waals surface area contributed by atoms with Crippen molar-refractivity contribution in [2.75, 3.05) is 12.4 Å². The summed E-state index contributed by atoms with van der Waals surface area (Å²) in [6, 6.07) is 19.1. The minimum atomic E-state index is -4.49. The Morgan fingerprint density at radius 1 is 0.973 bits per heavy atom. The first-order valence-corrected chi connectivity index (χ1v) is 11.7. The van der Waals surface area contributed by atoms with Crippen LogP contribution in [-0.4, -0.2) is 23.6 Å². The summed E-state index contributed by atoms with van der Waals surface area (Å²) in [5.41, 5.74) is 1.61. The van der Waals surface area contributed by atoms with Gasteiger partial charge in [0.1, 0.15) is 5.69 Å². The van der Waals surface area contributed by atoms with Gasteiger partial charge in [0.15, 0.2) is 0 Å². The number of carbonyl (C=O) groups is 2. The van der Waals surface area contributed by atoms with Crippen molar-refractivity contribution in [2.24, 2.45) is 7.05 Å². The molecule has 5 rings (SSSR count). The number of aromatic nitrogens is 1. The summed E-state index contributed by atoms with van der Waals surface area (Å²) < 4.78 is 46.4. The lowest BCUT2D eigenvalue weighted by atomic mass is 10.0. The minimum absolute atomic E-state index is 0.222. The number of rotatable bonds is 6. The predicted molar refractivity (Wildman–Crippen MR) is 134 cm³/mol. The molecule has 1 fully saturated rings. The fourth-order valence-electron chi connectivity index (χ4n) is 4.63. The number of nitrogens with one attached hydrogen (secondary N) is 2. The third-order valence-electron chi connectivity index (χ3n) is 6.74. The number of ether oxygens (including phenoxy) is 1. The van der Waals surface area contributed by atoms with E-state index < -0.39 is 23.2 Å². The maximum atomic E-state index is 13.7. The molecule has 6 nitrogen and oxygen atoms in total. The Bertz CT molecular complexity index is 1500. The molecule has 0 radical (unpaired) electrons. The van der Waals surface area contributed by atoms with Gasteiger partial charge in [-0.3, -0.25) is 4.79 Å². The van der Waals surface area contributed by atoms with Crippen LogP contribution in [0.15, 0.2) is 72.8 Å². The predicted octanol–water partition coefficient (Wildman–Crippen LogP) is 6.15. The zero-order chi connectivity index (χ0) is 26.4. The summed E-state index contributed by atoms with van der Waals surface area (Å²) in [4.78, 5) is 25.5. The molecule has 4 aromatic rings. The number of hydrogen-bond acceptors (Lipinski definition) is 4. The van der Waals surface area contributed by atoms with Crippen LogP contribution in [0.3, 0.4) is 0 Å². The van der Waals surface area contributed by atoms with E-state index in [0.717, 1.165) is 36.1 Å². The Morgan fingerprint density at radius 2 is 1.68 bits per heavy atom. The van der Waals surface area contributed by atoms with Gasteiger partial charge < -0.3 is 19.9 Å². The Balaban J connectivity index is 1.50. The number of amides is 1. The molecule has 0 bridgehead atoms. The van der Waals surface area contributed by atoms with E-state index in [-0.39, 0.29) is 11.6 Å². The van der Waals surface area contributed by atoms with Crippen LogP contribution < -0.4 is 10.6 Å². The Hall–Kier alpha value is -4.27. The molecular weight excluding hydrogens is 483 g/mol. The van der Waals surface area contributed by atoms with Crippen molar-refractivity contribution in [3.05, 3.63) is 95.2 Å². The highest BCUT2D eigenvalue weighted by Gasteiger charge is 2.46. The quantitative estimate of drug-likeness (QED) is 0.307. The van der Waals surface area contributed by atoms with Crippen molar-refractivity contribution < 1.29 is 27.5 Å². The molecule has 9 heteroatoms. The lowest BCUT2D eigenvalue weighted by molar-refractivity contribution is -0.137. The van der Waals surface area contributed by atoms with E-state index in [9.17, 15) is 22.8 Å². The summed E-state index contributed by atoms with van der Waals surface area (Å²) in [5, 5.41) is 6.91. The molecule has 0 unspecified atom stereocenters. The second-order valence-corrected chi connectivity index (χ2v) is 9.11. The third-order valence-corrected chi connectivity index (χ3v) is 6.74. The molecular formula is C28H24F3N3O3. The number of benzene rings is 3. The molecule has 1 amide bonds. The van der Waals surface area contributed by atoms with E-state index in [1.54, 1.807) is 35.9 Å². The standard InChI is InChI=1S/C28H24F3N3O3/c1-34-22-9-4-3-8-21(22)23(32-20-7-5-6-19(16-20)28(29,30)31)24(34)25(35)33-27(14-15-27)18-12-10-17(11-13-18)26(36)37-2/h3-13,16,32H,14-15H2,1-2H3,(H,33,35). The smallest absolute Gasteiger partial charge is 0.416 e. The molecule has 0 spiro atoms. The van der Waals surface area contributed by atoms with Gasteiger partial charge in [0.2, 0.25) is 0 Å². The van der Waals surface area contributed by atoms with Crippen LogP contribution in [0.2, 0.25) is 0 Å². The van der Waals surface area contributed by atoms with Gasteiger partial charge in [0.05, 0.1) is 35.0 Å². The molecule has 1 aliphatic carbocycles. The van der Waals surface area contributed by atoms with Crippen molar-refractivity contribution in [1.82, 2.24) is 9.88 Å². The number of nitrogens with zero attached hydrogens (tertiary/aromatic N) is 1. The fraction of sp³-hybridized carbons (Fsp3) is 0.214. The minimum Gasteiger partial charge on any atom is -0.465 e. The van der Waals surface area contributed by atoms with E-state index >= 15 is 0 Å². The third kappa shape index (κ3) is 4.52. The number of hydrogen-bond donors (Lipinski definition) is 2. The summed E-state index contributed by atoms with van der Waals surface area (Å²) in [6.07, 6.45) is -3.05. The zero-order valence-corrected chi connectivity index (χ0v) is 20.1. The Kier molecular flexibility index (Phi) is 5.94. The molecule has 0 atom stereocenters. The SMILES string of the molecule is COC(=O)c1ccc(C2(NC(=O)c3c(Nc4cccc(C(F)(F)F)c4)c4ccccc4n3C)CC2)cc1. The maximum Gasteiger partial charge on any atom is 0.416 e. The van der Waals surface area contributed by atoms with E-state index in [0.29, 0.717) is 22.3 Å². The molecule has 3 aromatic carbocycles. The van der Waals surface area contributed by atoms with E-state index in [1.165, 1.54) is 19.2 Å². The molecule has 37 heavy (non-hydrogen) atoms. The van der Waals surface area contributed by atoms with Crippen LogP contribution in [0, 0.1) is 0 Å². The molecule has 1 saturated carbocycles. The van der Waals surface area contributed by atoms with E-state index in [2.05, 4.69) is 10.6 Å². The first-order chi connectivity index (χ1) is 17.6. The average Bonchev–Trinajstić information content (AvgIpc) is 3.62. The lowest BCUT2D eigenvalue weighted by Crippen LogP contribution is -2.36. The Morgan fingerprint density at radius 3 is 2.32 bits per heavy atom. The highest BCUT2D eigenvalue weighted by molar-refractivity contribution is 6.10. The molecule has 0 saturated heterocycles. The van der Waals surface area contributed by atoms with Gasteiger partial charge >= 0.3 is 12.1 Å². The highest BCUT2D eigenvalue weighted by atomic mass is 19.4. The van der Waals surface area contributed by atoms with Crippen LogP contribution in [0.1, 0.15) is 44.8 Å². The van der Waals surface area contributed by atoms with Gasteiger partial charge in [0, 0.05) is 18.1 Å². The van der Waals surface area contributed by atoms with Crippen molar-refractivity contribution in [3.8, 4) is 0 Å². The number of para-hydroxylation sites is 1. The maximum absolute atomic E-state index is 13.7. The van der Waals surface area contributed by atoms with Crippen LogP contribution in [0.4, 0.5) is 24.5 Å². The largest absolute Gasteiger partial charge is 0.465 e. The molecule has 190 valence electrons. The highest BCUT2D eigenvalue weighted by Crippen LogP contribution is 2.46. The van der Waals surface area contributed by atoms with Crippen molar-refractivity contribution in [3.63, 3.8) is 0 Å². The number of esters is 1. The first-order valence-electron chi connectivity index (χ1n) is 11.7. The van der Waals surface area contributed by atoms with Gasteiger partial charge in [-0.2, -0.15) is 13.2 Å². The summed E-state index contributed by atoms with van der Waals surface area (Å²) >= 11 is 0. The molecule has 1 aliphatic rings. The van der Waals surface area contributed by atoms with Crippen molar-refractivity contribution >= 4 is 34.2 Å². The summed E-state index contributed by atoms with van der Waals surface area (Å²) in [5.74, 6) is -0.802. The normalized spacial score (nSPS) is 14.3. The fourth-order valence-corrected chi connectivity index (χ4v) is 4.63. The van der Waals surface area contributed by atoms with E-state index in [1.807, 2.05) is 24.3 Å². The molecule has 1 heterocycles. The second-order valence-electron chi connectivity index (χ2n) is 9.11. The number of methoxy groups -OCH3 is 1. The lowest BCUT2D eigenvalue weighted by Gasteiger charge is -2.20. The molecule has 1 aromatic heterocycles. The van der Waals surface area contributed by atoms with Crippen LogP contribution >= 0.6 is 0 Å². The van der Waals surface area contributed by atoms with Crippen molar-refractivity contribution in [1.29, 1.82) is 0 Å². The summed E-state index contributed by atoms with van der Waals surface area (Å²) in [7, 11) is 3.06. The number of fused-ring (bicyclic) bond motifs is 1. The van der Waals surface area contributed by atoms with Gasteiger partial charge in [-0.25, -0.2) is 4.79 Å². The van der Waals surface area contributed by atoms with E-state index in [4.69, 9.17) is 4.74 Å². The number of anilines is 2. The number of alkyl halides is 3. The average molecular weight is 508 g/mol. The topological polar surface area (TPSA) is 72.4 Å². The van der Waals surface area contributed by atoms with Crippen LogP contribution in [0.5, 0.6) is 0 Å². The second kappa shape index (κ2) is 8.99. The molecule has 0 aliphatic heterocycles. The van der Waals surface area contributed by atoms with Gasteiger partial charge in [0.25, 0.3) is 5.91 Å². The number of carbonyl (C=O) groups excluding carboxylic acids is 2. The van der Waals surface area contributed by atoms with Gasteiger partial charge in [-0.15, -0.1) is 0 Å². The van der Waals surface area contributed by atoms with Gasteiger partial charge in [-0.05, 0) is 54.8 Å². The number of halogens is 3. The van der Waals surface area contributed by atoms with Crippen LogP contribution in [-0.2, 0) is 23.5 Å². The zero-order valence-electron chi connectivity index (χ0n) is 20.1. The monoisotopic (exact) mass is 507 g/mol. The van der Waals surface area contributed by atoms with Crippen LogP contribution in [0.25, 0.3) is 10.9 Å². The van der Waals surface area contributed by atoms with Crippen molar-refractivity contribution in [2.45, 2.75) is 24.6 Å². The Labute approximate surface area is 211 Å². The van der Waals surface area contributed by atoms with Gasteiger partial charge in [-0.1, -0.05) is 36.4 Å². The number of aryl methyl sites for hydroxylation is 1. The first kappa shape index (κ1) is 24.4. The molecule has 2 N–H and O–H groups in total. The summed E-state index contributed by atoms with van der Waals surface area (Å²) in [6.45, 7) is 0.